The smallest absolute Gasteiger partial charge is 0.870 e. The largest absolute Gasteiger partial charge is 1.00 e. The zero-order valence-electron chi connectivity index (χ0n) is 26.5. The van der Waals surface area contributed by atoms with Crippen LogP contribution in [-0.4, -0.2) is 110 Å². The number of aliphatic carboxylic acids is 1. The molecule has 0 unspecified atom stereocenters. The Labute approximate surface area is 253 Å². The first-order valence-corrected chi connectivity index (χ1v) is 19.7. The number of ether oxygens (including phenoxy) is 3. The van der Waals surface area contributed by atoms with Crippen molar-refractivity contribution in [2.24, 2.45) is 0 Å². The van der Waals surface area contributed by atoms with E-state index < -0.39 is 57.6 Å². The maximum Gasteiger partial charge on any atom is 1.00 e. The second-order valence-corrected chi connectivity index (χ2v) is 24.0. The van der Waals surface area contributed by atoms with Gasteiger partial charge in [0.2, 0.25) is 0 Å². The number of carbonyl (C=O) groups excluding carboxylic acids is 3. The third-order valence-electron chi connectivity index (χ3n) is 6.32. The van der Waals surface area contributed by atoms with Crippen molar-refractivity contribution in [2.45, 2.75) is 115 Å². The molecule has 0 bridgehead atoms. The number of rotatable bonds is 2. The van der Waals surface area contributed by atoms with Gasteiger partial charge < -0.3 is 30.3 Å². The fourth-order valence-corrected chi connectivity index (χ4v) is 9.25. The second-order valence-electron chi connectivity index (χ2n) is 13.5. The van der Waals surface area contributed by atoms with Gasteiger partial charge in [-0.05, 0) is 65.7 Å². The molecule has 2 saturated heterocycles. The average molecular weight is 603 g/mol. The molecule has 12 nitrogen and oxygen atoms in total. The second kappa shape index (κ2) is 16.2. The molecule has 0 saturated carbocycles. The first-order valence-electron chi connectivity index (χ1n) is 12.9. The minimum Gasteiger partial charge on any atom is -0.870 e. The molecule has 4 N–H and O–H groups in total. The van der Waals surface area contributed by atoms with Crippen molar-refractivity contribution in [1.82, 2.24) is 9.80 Å². The quantitative estimate of drug-likeness (QED) is 0.272. The molecular weight excluding hydrogens is 551 g/mol. The Morgan fingerprint density at radius 2 is 1.07 bits per heavy atom. The molecule has 2 rings (SSSR count). The van der Waals surface area contributed by atoms with Gasteiger partial charge in [-0.25, -0.2) is 19.2 Å². The molecule has 0 radical (unpaired) electrons. The Hall–Kier alpha value is -1.57. The van der Waals surface area contributed by atoms with Gasteiger partial charge in [-0.1, -0.05) is 26.2 Å². The van der Waals surface area contributed by atoms with Crippen LogP contribution in [0.15, 0.2) is 0 Å². The first kappa shape index (κ1) is 42.9. The predicted octanol–water partition coefficient (Wildman–Crippen LogP) is 0.888. The summed E-state index contributed by atoms with van der Waals surface area (Å²) in [7, 11) is -1.56. The SMILES string of the molecule is CC(C)(C)OC(=O)N1CC[Si](C)(C)C[C@H]1C(=O)O.COC(=O)[C@@H]1C[Si](C)(C)CCN1C(=O)OC(C)(C)C.O.[Li+].[OH-]. The summed E-state index contributed by atoms with van der Waals surface area (Å²) in [5, 5.41) is 9.26. The van der Waals surface area contributed by atoms with Crippen LogP contribution in [0.1, 0.15) is 41.5 Å². The molecule has 2 atom stereocenters. The molecule has 0 aromatic heterocycles. The zero-order valence-corrected chi connectivity index (χ0v) is 28.5. The van der Waals surface area contributed by atoms with Crippen molar-refractivity contribution in [3.05, 3.63) is 0 Å². The molecule has 2 aliphatic rings. The predicted molar refractivity (Wildman–Crippen MR) is 153 cm³/mol. The van der Waals surface area contributed by atoms with Gasteiger partial charge in [0.25, 0.3) is 0 Å². The molecule has 15 heteroatoms. The van der Waals surface area contributed by atoms with Gasteiger partial charge >= 0.3 is 43.0 Å². The van der Waals surface area contributed by atoms with E-state index in [-0.39, 0.29) is 35.8 Å². The summed E-state index contributed by atoms with van der Waals surface area (Å²) in [6.07, 6.45) is -0.938. The summed E-state index contributed by atoms with van der Waals surface area (Å²) in [5.74, 6) is -1.27. The van der Waals surface area contributed by atoms with Crippen molar-refractivity contribution >= 4 is 40.3 Å². The van der Waals surface area contributed by atoms with Crippen LogP contribution >= 0.6 is 0 Å². The van der Waals surface area contributed by atoms with Crippen LogP contribution in [0.5, 0.6) is 0 Å². The van der Waals surface area contributed by atoms with Gasteiger partial charge in [0.15, 0.2) is 0 Å². The number of carboxylic acids is 1. The van der Waals surface area contributed by atoms with E-state index in [9.17, 15) is 24.3 Å². The van der Waals surface area contributed by atoms with Crippen molar-refractivity contribution in [1.29, 1.82) is 0 Å². The van der Waals surface area contributed by atoms with Gasteiger partial charge in [0, 0.05) is 13.1 Å². The maximum absolute atomic E-state index is 12.2. The van der Waals surface area contributed by atoms with Crippen molar-refractivity contribution < 1.29 is 68.3 Å². The summed E-state index contributed by atoms with van der Waals surface area (Å²) in [6, 6.07) is 2.03. The standard InChI is InChI=1S/C13H25NO4Si.C12H23NO4Si.Li.2H2O/c1-13(2,3)18-12(16)14-7-8-19(5,6)9-10(14)11(15)17-4;1-12(2,3)17-11(16)13-6-7-18(4,5)8-9(13)10(14)15;;;/h10H,7-9H2,1-6H3;9H,6-8H2,1-5H3,(H,14,15);;2*1H2/q;;+1;;/p-1/t10-;9-;;;/m00.../s1. The van der Waals surface area contributed by atoms with Gasteiger partial charge in [0.05, 0.1) is 23.3 Å². The Morgan fingerprint density at radius 3 is 1.38 bits per heavy atom. The van der Waals surface area contributed by atoms with Gasteiger partial charge in [0.1, 0.15) is 23.3 Å². The maximum atomic E-state index is 12.2. The van der Waals surface area contributed by atoms with Crippen LogP contribution in [-0.2, 0) is 23.8 Å². The van der Waals surface area contributed by atoms with E-state index in [2.05, 4.69) is 26.2 Å². The molecule has 2 heterocycles. The van der Waals surface area contributed by atoms with E-state index in [1.54, 1.807) is 20.8 Å². The van der Waals surface area contributed by atoms with Crippen LogP contribution in [0.25, 0.3) is 0 Å². The molecule has 0 aromatic carbocycles. The van der Waals surface area contributed by atoms with Crippen molar-refractivity contribution in [2.75, 3.05) is 20.2 Å². The van der Waals surface area contributed by atoms with E-state index >= 15 is 0 Å². The number of hydrogen-bond donors (Lipinski definition) is 1. The van der Waals surface area contributed by atoms with Crippen LogP contribution < -0.4 is 18.9 Å². The molecule has 40 heavy (non-hydrogen) atoms. The minimum absolute atomic E-state index is 0. The summed E-state index contributed by atoms with van der Waals surface area (Å²) >= 11 is 0. The van der Waals surface area contributed by atoms with Crippen LogP contribution in [0.4, 0.5) is 9.59 Å². The van der Waals surface area contributed by atoms with Gasteiger partial charge in [-0.15, -0.1) is 0 Å². The average Bonchev–Trinajstić information content (AvgIpc) is 2.69. The molecule has 0 spiro atoms. The third kappa shape index (κ3) is 14.4. The van der Waals surface area contributed by atoms with E-state index in [1.807, 2.05) is 20.8 Å². The summed E-state index contributed by atoms with van der Waals surface area (Å²) < 4.78 is 15.5. The summed E-state index contributed by atoms with van der Waals surface area (Å²) in [6.45, 7) is 20.7. The summed E-state index contributed by atoms with van der Waals surface area (Å²) in [5.41, 5.74) is -1.15. The first-order chi connectivity index (χ1) is 16.6. The van der Waals surface area contributed by atoms with E-state index in [4.69, 9.17) is 14.2 Å². The van der Waals surface area contributed by atoms with Crippen LogP contribution in [0.3, 0.4) is 0 Å². The fourth-order valence-electron chi connectivity index (χ4n) is 4.27. The molecule has 2 aliphatic heterocycles. The summed E-state index contributed by atoms with van der Waals surface area (Å²) in [4.78, 5) is 50.2. The van der Waals surface area contributed by atoms with Crippen molar-refractivity contribution in [3.63, 3.8) is 0 Å². The molecular formula is C25H51LiN2O10Si2. The third-order valence-corrected chi connectivity index (χ3v) is 12.5. The zero-order chi connectivity index (χ0) is 29.0. The van der Waals surface area contributed by atoms with E-state index in [0.29, 0.717) is 19.1 Å². The number of methoxy groups -OCH3 is 1. The Morgan fingerprint density at radius 1 is 0.750 bits per heavy atom. The van der Waals surface area contributed by atoms with Crippen LogP contribution in [0.2, 0.25) is 50.4 Å². The van der Waals surface area contributed by atoms with Crippen molar-refractivity contribution in [3.8, 4) is 0 Å². The normalized spacial score (nSPS) is 21.5. The van der Waals surface area contributed by atoms with Crippen LogP contribution in [0, 0.1) is 0 Å². The number of amides is 2. The molecule has 0 aliphatic carbocycles. The van der Waals surface area contributed by atoms with E-state index in [1.165, 1.54) is 16.9 Å². The van der Waals surface area contributed by atoms with Gasteiger partial charge in [-0.3, -0.25) is 9.80 Å². The fraction of sp³-hybridized carbons (Fsp3) is 0.840. The Balaban J connectivity index is -0.000000637. The number of carbonyl (C=O) groups is 4. The minimum atomic E-state index is -1.49. The number of hydrogen-bond acceptors (Lipinski definition) is 8. The van der Waals surface area contributed by atoms with Gasteiger partial charge in [-0.2, -0.15) is 0 Å². The van der Waals surface area contributed by atoms with E-state index in [0.717, 1.165) is 18.1 Å². The molecule has 230 valence electrons. The Bertz CT molecular complexity index is 860. The Kier molecular flexibility index (Phi) is 17.3. The monoisotopic (exact) mass is 602 g/mol. The number of nitrogens with zero attached hydrogens (tertiary/aromatic N) is 2. The number of carboxylic acid groups (broad SMARTS) is 1. The molecule has 2 amide bonds. The molecule has 2 fully saturated rings. The topological polar surface area (TPSA) is 184 Å². The molecule has 0 aromatic rings. The number of esters is 1.